The molecule has 1 N–H and O–H groups in total. The molecule has 1 aromatic carbocycles. The van der Waals surface area contributed by atoms with E-state index < -0.39 is 0 Å². The van der Waals surface area contributed by atoms with Crippen LogP contribution in [0.4, 0.5) is 0 Å². The Morgan fingerprint density at radius 1 is 1.39 bits per heavy atom. The molecule has 0 aliphatic carbocycles. The Bertz CT molecular complexity index is 652. The second-order valence-corrected chi connectivity index (χ2v) is 5.92. The minimum Gasteiger partial charge on any atom is -0.349 e. The molecule has 0 radical (unpaired) electrons. The number of hydrogen-bond donors (Lipinski definition) is 1. The van der Waals surface area contributed by atoms with Crippen molar-refractivity contribution in [3.8, 4) is 0 Å². The molecule has 0 amide bonds. The maximum absolute atomic E-state index is 4.98. The molecule has 3 rings (SSSR count). The summed E-state index contributed by atoms with van der Waals surface area (Å²) in [6.45, 7) is 4.38. The van der Waals surface area contributed by atoms with Gasteiger partial charge in [0.15, 0.2) is 11.8 Å². The molecule has 2 heterocycles. The monoisotopic (exact) mass is 313 g/mol. The molecule has 2 aromatic rings. The summed E-state index contributed by atoms with van der Waals surface area (Å²) in [6, 6.07) is 10.7. The predicted molar refractivity (Wildman–Crippen MR) is 89.1 cm³/mol. The van der Waals surface area contributed by atoms with Gasteiger partial charge in [-0.15, -0.1) is 0 Å². The van der Waals surface area contributed by atoms with Crippen molar-refractivity contribution in [3.63, 3.8) is 0 Å². The predicted octanol–water partition coefficient (Wildman–Crippen LogP) is 2.02. The van der Waals surface area contributed by atoms with Gasteiger partial charge in [-0.1, -0.05) is 35.5 Å². The van der Waals surface area contributed by atoms with E-state index in [4.69, 9.17) is 4.52 Å². The molecule has 1 unspecified atom stereocenters. The number of nitrogens with zero attached hydrogens (tertiary/aromatic N) is 4. The zero-order valence-electron chi connectivity index (χ0n) is 13.7. The zero-order valence-corrected chi connectivity index (χ0v) is 13.7. The first kappa shape index (κ1) is 15.5. The van der Waals surface area contributed by atoms with E-state index in [1.165, 1.54) is 12.0 Å². The van der Waals surface area contributed by atoms with E-state index in [0.29, 0.717) is 24.2 Å². The Labute approximate surface area is 136 Å². The maximum atomic E-state index is 4.98. The van der Waals surface area contributed by atoms with Gasteiger partial charge in [-0.05, 0) is 24.3 Å². The summed E-state index contributed by atoms with van der Waals surface area (Å²) in [5.74, 6) is 2.82. The van der Waals surface area contributed by atoms with Gasteiger partial charge in [-0.3, -0.25) is 4.99 Å². The molecule has 1 aliphatic heterocycles. The quantitative estimate of drug-likeness (QED) is 0.691. The molecular formula is C17H23N5O. The fourth-order valence-corrected chi connectivity index (χ4v) is 3.04. The second kappa shape index (κ2) is 7.26. The molecule has 0 saturated carbocycles. The van der Waals surface area contributed by atoms with Crippen molar-refractivity contribution < 1.29 is 4.52 Å². The van der Waals surface area contributed by atoms with Gasteiger partial charge in [0, 0.05) is 27.1 Å². The summed E-state index contributed by atoms with van der Waals surface area (Å²) in [6.07, 6.45) is 2.31. The summed E-state index contributed by atoms with van der Waals surface area (Å²) >= 11 is 0. The van der Waals surface area contributed by atoms with E-state index in [1.54, 1.807) is 6.92 Å². The molecule has 23 heavy (non-hydrogen) atoms. The van der Waals surface area contributed by atoms with Crippen molar-refractivity contribution >= 4 is 5.96 Å². The molecule has 1 aliphatic rings. The van der Waals surface area contributed by atoms with Gasteiger partial charge in [0.2, 0.25) is 5.89 Å². The van der Waals surface area contributed by atoms with Crippen LogP contribution >= 0.6 is 0 Å². The number of nitrogens with one attached hydrogen (secondary N) is 1. The average molecular weight is 313 g/mol. The SMILES string of the molecule is CN=C(NCc1noc(C)n1)N1CCC(Cc2ccccc2)C1. The van der Waals surface area contributed by atoms with Crippen LogP contribution in [0.25, 0.3) is 0 Å². The minimum absolute atomic E-state index is 0.532. The number of aromatic nitrogens is 2. The van der Waals surface area contributed by atoms with Crippen molar-refractivity contribution in [2.75, 3.05) is 20.1 Å². The van der Waals surface area contributed by atoms with Gasteiger partial charge >= 0.3 is 0 Å². The van der Waals surface area contributed by atoms with Crippen molar-refractivity contribution in [3.05, 3.63) is 47.6 Å². The Kier molecular flexibility index (Phi) is 4.90. The lowest BCUT2D eigenvalue weighted by atomic mass is 9.99. The third kappa shape index (κ3) is 4.09. The second-order valence-electron chi connectivity index (χ2n) is 5.92. The van der Waals surface area contributed by atoms with E-state index in [1.807, 2.05) is 7.05 Å². The van der Waals surface area contributed by atoms with E-state index in [9.17, 15) is 0 Å². The summed E-state index contributed by atoms with van der Waals surface area (Å²) in [5, 5.41) is 7.21. The Hall–Kier alpha value is -2.37. The van der Waals surface area contributed by atoms with Crippen LogP contribution in [-0.4, -0.2) is 41.1 Å². The van der Waals surface area contributed by atoms with Crippen LogP contribution in [0, 0.1) is 12.8 Å². The van der Waals surface area contributed by atoms with Crippen LogP contribution in [0.3, 0.4) is 0 Å². The van der Waals surface area contributed by atoms with E-state index in [2.05, 4.69) is 55.7 Å². The van der Waals surface area contributed by atoms with Crippen LogP contribution < -0.4 is 5.32 Å². The van der Waals surface area contributed by atoms with E-state index in [-0.39, 0.29) is 0 Å². The number of rotatable bonds is 4. The largest absolute Gasteiger partial charge is 0.349 e. The van der Waals surface area contributed by atoms with Crippen LogP contribution in [0.1, 0.15) is 23.7 Å². The highest BCUT2D eigenvalue weighted by Gasteiger charge is 2.25. The fourth-order valence-electron chi connectivity index (χ4n) is 3.04. The Balaban J connectivity index is 1.52. The summed E-state index contributed by atoms with van der Waals surface area (Å²) in [4.78, 5) is 10.9. The number of benzene rings is 1. The summed E-state index contributed by atoms with van der Waals surface area (Å²) < 4.78 is 4.98. The molecule has 6 nitrogen and oxygen atoms in total. The van der Waals surface area contributed by atoms with Gasteiger partial charge in [0.25, 0.3) is 0 Å². The van der Waals surface area contributed by atoms with Crippen LogP contribution in [0.5, 0.6) is 0 Å². The number of guanidine groups is 1. The molecule has 1 aromatic heterocycles. The summed E-state index contributed by atoms with van der Waals surface area (Å²) in [5.41, 5.74) is 1.41. The standard InChI is InChI=1S/C17H23N5O/c1-13-20-16(21-23-13)11-19-17(18-2)22-9-8-15(12-22)10-14-6-4-3-5-7-14/h3-7,15H,8-12H2,1-2H3,(H,18,19). The highest BCUT2D eigenvalue weighted by atomic mass is 16.5. The number of hydrogen-bond acceptors (Lipinski definition) is 4. The van der Waals surface area contributed by atoms with Gasteiger partial charge in [0.1, 0.15) is 0 Å². The third-order valence-corrected chi connectivity index (χ3v) is 4.14. The van der Waals surface area contributed by atoms with Crippen molar-refractivity contribution in [1.29, 1.82) is 0 Å². The topological polar surface area (TPSA) is 66.5 Å². The van der Waals surface area contributed by atoms with Gasteiger partial charge in [0.05, 0.1) is 6.54 Å². The van der Waals surface area contributed by atoms with E-state index in [0.717, 1.165) is 25.5 Å². The summed E-state index contributed by atoms with van der Waals surface area (Å²) in [7, 11) is 1.81. The molecule has 6 heteroatoms. The lowest BCUT2D eigenvalue weighted by Gasteiger charge is -2.21. The molecule has 122 valence electrons. The average Bonchev–Trinajstić information content (AvgIpc) is 3.19. The van der Waals surface area contributed by atoms with E-state index >= 15 is 0 Å². The normalized spacial score (nSPS) is 18.4. The molecule has 1 saturated heterocycles. The van der Waals surface area contributed by atoms with Crippen LogP contribution in [0.2, 0.25) is 0 Å². The molecule has 1 fully saturated rings. The minimum atomic E-state index is 0.532. The first-order chi connectivity index (χ1) is 11.2. The molecule has 1 atom stereocenters. The molecule has 0 spiro atoms. The first-order valence-corrected chi connectivity index (χ1v) is 8.03. The number of aliphatic imine (C=N–C) groups is 1. The van der Waals surface area contributed by atoms with Gasteiger partial charge < -0.3 is 14.7 Å². The number of likely N-dealkylation sites (tertiary alicyclic amines) is 1. The Morgan fingerprint density at radius 3 is 2.91 bits per heavy atom. The molecule has 0 bridgehead atoms. The highest BCUT2D eigenvalue weighted by Crippen LogP contribution is 2.20. The number of aryl methyl sites for hydroxylation is 1. The van der Waals surface area contributed by atoms with Crippen molar-refractivity contribution in [1.82, 2.24) is 20.4 Å². The van der Waals surface area contributed by atoms with Crippen molar-refractivity contribution in [2.24, 2.45) is 10.9 Å². The smallest absolute Gasteiger partial charge is 0.223 e. The molecular weight excluding hydrogens is 290 g/mol. The third-order valence-electron chi connectivity index (χ3n) is 4.14. The maximum Gasteiger partial charge on any atom is 0.223 e. The van der Waals surface area contributed by atoms with Crippen LogP contribution in [0.15, 0.2) is 39.8 Å². The van der Waals surface area contributed by atoms with Gasteiger partial charge in [-0.2, -0.15) is 4.98 Å². The fraction of sp³-hybridized carbons (Fsp3) is 0.471. The lowest BCUT2D eigenvalue weighted by Crippen LogP contribution is -2.39. The lowest BCUT2D eigenvalue weighted by molar-refractivity contribution is 0.386. The van der Waals surface area contributed by atoms with Crippen LogP contribution in [-0.2, 0) is 13.0 Å². The van der Waals surface area contributed by atoms with Crippen molar-refractivity contribution in [2.45, 2.75) is 26.3 Å². The zero-order chi connectivity index (χ0) is 16.1. The highest BCUT2D eigenvalue weighted by molar-refractivity contribution is 5.80. The Morgan fingerprint density at radius 2 is 2.22 bits per heavy atom. The van der Waals surface area contributed by atoms with Gasteiger partial charge in [-0.25, -0.2) is 0 Å². The first-order valence-electron chi connectivity index (χ1n) is 8.03.